The number of halogens is 2. The number of rotatable bonds is 6. The highest BCUT2D eigenvalue weighted by Crippen LogP contribution is 2.19. The molecule has 0 aliphatic heterocycles. The molecule has 2 N–H and O–H groups in total. The molecule has 0 spiro atoms. The Morgan fingerprint density at radius 1 is 1.24 bits per heavy atom. The van der Waals surface area contributed by atoms with Crippen molar-refractivity contribution in [2.24, 2.45) is 0 Å². The summed E-state index contributed by atoms with van der Waals surface area (Å²) < 4.78 is 23.8. The summed E-state index contributed by atoms with van der Waals surface area (Å²) in [5.74, 6) is -1.97. The van der Waals surface area contributed by atoms with Gasteiger partial charge in [0.05, 0.1) is 12.1 Å². The number of anilines is 1. The Kier molecular flexibility index (Phi) is 7.82. The normalized spacial score (nSPS) is 10.8. The Morgan fingerprint density at radius 3 is 2.52 bits per heavy atom. The van der Waals surface area contributed by atoms with E-state index in [1.165, 1.54) is 12.1 Å². The van der Waals surface area contributed by atoms with E-state index in [-0.39, 0.29) is 18.7 Å². The van der Waals surface area contributed by atoms with Crippen LogP contribution < -0.4 is 10.6 Å². The topological polar surface area (TPSA) is 93.7 Å². The number of carbonyl (C=O) groups is 3. The third-order valence-electron chi connectivity index (χ3n) is 2.57. The molecule has 0 aromatic heterocycles. The van der Waals surface area contributed by atoms with Crippen LogP contribution >= 0.6 is 15.9 Å². The first-order valence-corrected chi connectivity index (χ1v) is 8.23. The number of hydrogen-bond donors (Lipinski definition) is 2. The molecule has 7 nitrogen and oxygen atoms in total. The first-order chi connectivity index (χ1) is 11.6. The van der Waals surface area contributed by atoms with Gasteiger partial charge in [-0.1, -0.05) is 15.9 Å². The van der Waals surface area contributed by atoms with Gasteiger partial charge in [0.2, 0.25) is 0 Å². The molecular weight excluding hydrogens is 399 g/mol. The Morgan fingerprint density at radius 2 is 1.92 bits per heavy atom. The molecule has 1 aromatic carbocycles. The van der Waals surface area contributed by atoms with Crippen molar-refractivity contribution in [1.29, 1.82) is 0 Å². The summed E-state index contributed by atoms with van der Waals surface area (Å²) in [4.78, 5) is 34.5. The molecule has 0 fully saturated rings. The molecule has 0 aliphatic carbocycles. The minimum Gasteiger partial charge on any atom is -0.456 e. The van der Waals surface area contributed by atoms with Crippen LogP contribution in [0.5, 0.6) is 0 Å². The van der Waals surface area contributed by atoms with Crippen molar-refractivity contribution in [1.82, 2.24) is 5.32 Å². The maximum atomic E-state index is 13.6. The van der Waals surface area contributed by atoms with Gasteiger partial charge < -0.3 is 20.1 Å². The van der Waals surface area contributed by atoms with E-state index >= 15 is 0 Å². The first-order valence-electron chi connectivity index (χ1n) is 7.44. The number of carbonyl (C=O) groups excluding carboxylic acids is 3. The molecule has 0 saturated carbocycles. The lowest BCUT2D eigenvalue weighted by Gasteiger charge is -2.19. The molecular formula is C16H20BrFN2O5. The van der Waals surface area contributed by atoms with Crippen molar-refractivity contribution < 1.29 is 28.2 Å². The van der Waals surface area contributed by atoms with E-state index in [2.05, 4.69) is 26.6 Å². The van der Waals surface area contributed by atoms with Crippen molar-refractivity contribution in [3.63, 3.8) is 0 Å². The van der Waals surface area contributed by atoms with Crippen LogP contribution in [0.1, 0.15) is 27.2 Å². The molecule has 0 radical (unpaired) electrons. The van der Waals surface area contributed by atoms with Crippen LogP contribution in [0.25, 0.3) is 0 Å². The van der Waals surface area contributed by atoms with Gasteiger partial charge in [-0.15, -0.1) is 0 Å². The Labute approximate surface area is 153 Å². The van der Waals surface area contributed by atoms with Crippen LogP contribution in [0.3, 0.4) is 0 Å². The smallest absolute Gasteiger partial charge is 0.407 e. The fourth-order valence-electron chi connectivity index (χ4n) is 1.58. The third kappa shape index (κ3) is 9.04. The van der Waals surface area contributed by atoms with E-state index in [0.29, 0.717) is 4.47 Å². The molecule has 0 saturated heterocycles. The molecule has 2 amide bonds. The molecule has 138 valence electrons. The summed E-state index contributed by atoms with van der Waals surface area (Å²) in [6, 6.07) is 4.14. The number of benzene rings is 1. The van der Waals surface area contributed by atoms with E-state index in [0.717, 1.165) is 0 Å². The summed E-state index contributed by atoms with van der Waals surface area (Å²) in [5.41, 5.74) is -0.652. The first kappa shape index (κ1) is 20.9. The average Bonchev–Trinajstić information content (AvgIpc) is 2.46. The Bertz CT molecular complexity index is 646. The molecule has 1 rings (SSSR count). The number of nitrogens with one attached hydrogen (secondary N) is 2. The van der Waals surface area contributed by atoms with Crippen LogP contribution in [0.15, 0.2) is 22.7 Å². The van der Waals surface area contributed by atoms with E-state index in [9.17, 15) is 18.8 Å². The number of ether oxygens (including phenoxy) is 2. The standard InChI is InChI=1S/C16H20BrFN2O5/c1-16(2,3)25-15(23)19-7-6-14(22)24-9-13(21)20-12-5-4-10(17)8-11(12)18/h4-5,8H,6-7,9H2,1-3H3,(H,19,23)(H,20,21). The molecule has 1 aromatic rings. The lowest BCUT2D eigenvalue weighted by Crippen LogP contribution is -2.34. The van der Waals surface area contributed by atoms with E-state index in [4.69, 9.17) is 9.47 Å². The third-order valence-corrected chi connectivity index (χ3v) is 3.06. The number of alkyl carbamates (subject to hydrolysis) is 1. The molecule has 0 heterocycles. The van der Waals surface area contributed by atoms with Crippen molar-refractivity contribution in [2.45, 2.75) is 32.8 Å². The zero-order valence-electron chi connectivity index (χ0n) is 14.2. The molecule has 25 heavy (non-hydrogen) atoms. The summed E-state index contributed by atoms with van der Waals surface area (Å²) in [6.07, 6.45) is -0.775. The maximum Gasteiger partial charge on any atom is 0.407 e. The molecule has 0 unspecified atom stereocenters. The van der Waals surface area contributed by atoms with Gasteiger partial charge in [0.25, 0.3) is 5.91 Å². The summed E-state index contributed by atoms with van der Waals surface area (Å²) in [7, 11) is 0. The number of esters is 1. The second-order valence-electron chi connectivity index (χ2n) is 6.01. The van der Waals surface area contributed by atoms with Crippen molar-refractivity contribution >= 4 is 39.6 Å². The summed E-state index contributed by atoms with van der Waals surface area (Å²) >= 11 is 3.10. The van der Waals surface area contributed by atoms with Gasteiger partial charge in [0.1, 0.15) is 11.4 Å². The fourth-order valence-corrected chi connectivity index (χ4v) is 1.91. The SMILES string of the molecule is CC(C)(C)OC(=O)NCCC(=O)OCC(=O)Nc1ccc(Br)cc1F. The van der Waals surface area contributed by atoms with Crippen molar-refractivity contribution in [2.75, 3.05) is 18.5 Å². The second-order valence-corrected chi connectivity index (χ2v) is 6.93. The van der Waals surface area contributed by atoms with Crippen molar-refractivity contribution in [3.8, 4) is 0 Å². The Hall–Kier alpha value is -2.16. The second kappa shape index (κ2) is 9.36. The molecule has 9 heteroatoms. The molecule has 0 atom stereocenters. The quantitative estimate of drug-likeness (QED) is 0.692. The minimum absolute atomic E-state index is 0.0106. The Balaban J connectivity index is 2.27. The van der Waals surface area contributed by atoms with Crippen LogP contribution in [0.2, 0.25) is 0 Å². The molecule has 0 aliphatic rings. The fraction of sp³-hybridized carbons (Fsp3) is 0.438. The highest BCUT2D eigenvalue weighted by Gasteiger charge is 2.16. The zero-order chi connectivity index (χ0) is 19.0. The van der Waals surface area contributed by atoms with E-state index in [1.807, 2.05) is 0 Å². The van der Waals surface area contributed by atoms with Crippen LogP contribution in [0.4, 0.5) is 14.9 Å². The van der Waals surface area contributed by atoms with Gasteiger partial charge >= 0.3 is 12.1 Å². The largest absolute Gasteiger partial charge is 0.456 e. The lowest BCUT2D eigenvalue weighted by molar-refractivity contribution is -0.147. The number of amides is 2. The van der Waals surface area contributed by atoms with E-state index in [1.54, 1.807) is 26.8 Å². The predicted octanol–water partition coefficient (Wildman–Crippen LogP) is 2.98. The van der Waals surface area contributed by atoms with Gasteiger partial charge in [-0.25, -0.2) is 9.18 Å². The van der Waals surface area contributed by atoms with Gasteiger partial charge in [-0.05, 0) is 39.0 Å². The number of hydrogen-bond acceptors (Lipinski definition) is 5. The summed E-state index contributed by atoms with van der Waals surface area (Å²) in [5, 5.41) is 4.68. The van der Waals surface area contributed by atoms with Gasteiger partial charge in [0.15, 0.2) is 6.61 Å². The maximum absolute atomic E-state index is 13.6. The van der Waals surface area contributed by atoms with Gasteiger partial charge in [-0.2, -0.15) is 0 Å². The summed E-state index contributed by atoms with van der Waals surface area (Å²) in [6.45, 7) is 4.60. The highest BCUT2D eigenvalue weighted by atomic mass is 79.9. The van der Waals surface area contributed by atoms with Gasteiger partial charge in [0, 0.05) is 11.0 Å². The lowest BCUT2D eigenvalue weighted by atomic mass is 10.2. The van der Waals surface area contributed by atoms with E-state index < -0.39 is 36.0 Å². The zero-order valence-corrected chi connectivity index (χ0v) is 15.7. The van der Waals surface area contributed by atoms with Crippen molar-refractivity contribution in [3.05, 3.63) is 28.5 Å². The average molecular weight is 419 g/mol. The minimum atomic E-state index is -0.678. The monoisotopic (exact) mass is 418 g/mol. The molecule has 0 bridgehead atoms. The highest BCUT2D eigenvalue weighted by molar-refractivity contribution is 9.10. The van der Waals surface area contributed by atoms with Gasteiger partial charge in [-0.3, -0.25) is 9.59 Å². The van der Waals surface area contributed by atoms with Crippen LogP contribution in [-0.4, -0.2) is 36.7 Å². The predicted molar refractivity (Wildman–Crippen MR) is 92.5 cm³/mol. The van der Waals surface area contributed by atoms with Crippen LogP contribution in [0, 0.1) is 5.82 Å². The van der Waals surface area contributed by atoms with Crippen LogP contribution in [-0.2, 0) is 19.1 Å².